The van der Waals surface area contributed by atoms with E-state index in [1.807, 2.05) is 11.3 Å². The van der Waals surface area contributed by atoms with Crippen LogP contribution in [0.1, 0.15) is 36.9 Å². The van der Waals surface area contributed by atoms with Crippen molar-refractivity contribution in [2.45, 2.75) is 52.2 Å². The second kappa shape index (κ2) is 6.69. The largest absolute Gasteiger partial charge is 0.376 e. The third-order valence-electron chi connectivity index (χ3n) is 3.79. The van der Waals surface area contributed by atoms with Gasteiger partial charge in [-0.15, -0.1) is 11.3 Å². The van der Waals surface area contributed by atoms with Gasteiger partial charge in [0.2, 0.25) is 0 Å². The summed E-state index contributed by atoms with van der Waals surface area (Å²) in [6.45, 7) is 8.66. The number of hydrogen-bond donors (Lipinski definition) is 1. The Morgan fingerprint density at radius 2 is 2.17 bits per heavy atom. The monoisotopic (exact) mass is 267 g/mol. The first-order valence-electron chi connectivity index (χ1n) is 7.17. The summed E-state index contributed by atoms with van der Waals surface area (Å²) in [5, 5.41) is 3.61. The molecule has 0 spiro atoms. The van der Waals surface area contributed by atoms with Crippen LogP contribution < -0.4 is 5.32 Å². The predicted molar refractivity (Wildman–Crippen MR) is 78.4 cm³/mol. The van der Waals surface area contributed by atoms with Crippen LogP contribution in [0.3, 0.4) is 0 Å². The van der Waals surface area contributed by atoms with Crippen molar-refractivity contribution in [3.05, 3.63) is 21.9 Å². The molecule has 1 N–H and O–H groups in total. The SMILES string of the molecule is CCNC(Cc1ccc(CC)s1)C1OCCC1C. The second-order valence-corrected chi connectivity index (χ2v) is 6.44. The molecule has 102 valence electrons. The summed E-state index contributed by atoms with van der Waals surface area (Å²) >= 11 is 1.95. The van der Waals surface area contributed by atoms with Crippen molar-refractivity contribution < 1.29 is 4.74 Å². The molecule has 1 aliphatic rings. The Balaban J connectivity index is 2.01. The lowest BCUT2D eigenvalue weighted by atomic mass is 9.95. The van der Waals surface area contributed by atoms with Gasteiger partial charge in [-0.2, -0.15) is 0 Å². The van der Waals surface area contributed by atoms with Crippen LogP contribution in [0, 0.1) is 5.92 Å². The van der Waals surface area contributed by atoms with Crippen LogP contribution in [0.15, 0.2) is 12.1 Å². The Kier molecular flexibility index (Phi) is 5.22. The van der Waals surface area contributed by atoms with Gasteiger partial charge in [0.15, 0.2) is 0 Å². The van der Waals surface area contributed by atoms with Gasteiger partial charge in [0.05, 0.1) is 6.10 Å². The molecule has 0 amide bonds. The van der Waals surface area contributed by atoms with Gasteiger partial charge in [0.25, 0.3) is 0 Å². The predicted octanol–water partition coefficient (Wildman–Crippen LogP) is 3.26. The molecule has 18 heavy (non-hydrogen) atoms. The summed E-state index contributed by atoms with van der Waals surface area (Å²) in [5.41, 5.74) is 0. The van der Waals surface area contributed by atoms with Crippen molar-refractivity contribution in [3.8, 4) is 0 Å². The smallest absolute Gasteiger partial charge is 0.0757 e. The Labute approximate surface area is 115 Å². The fraction of sp³-hybridized carbons (Fsp3) is 0.733. The molecule has 0 bridgehead atoms. The maximum Gasteiger partial charge on any atom is 0.0757 e. The highest BCUT2D eigenvalue weighted by Crippen LogP contribution is 2.26. The van der Waals surface area contributed by atoms with Crippen LogP contribution in [0.4, 0.5) is 0 Å². The van der Waals surface area contributed by atoms with Crippen molar-refractivity contribution >= 4 is 11.3 Å². The molecule has 3 heteroatoms. The Morgan fingerprint density at radius 1 is 1.39 bits per heavy atom. The summed E-state index contributed by atoms with van der Waals surface area (Å²) in [7, 11) is 0. The number of likely N-dealkylation sites (N-methyl/N-ethyl adjacent to an activating group) is 1. The zero-order valence-electron chi connectivity index (χ0n) is 11.7. The average Bonchev–Trinajstić information content (AvgIpc) is 2.97. The first-order chi connectivity index (χ1) is 8.74. The fourth-order valence-corrected chi connectivity index (χ4v) is 3.75. The van der Waals surface area contributed by atoms with Gasteiger partial charge in [-0.05, 0) is 43.9 Å². The molecule has 3 unspecified atom stereocenters. The highest BCUT2D eigenvalue weighted by atomic mass is 32.1. The number of thiophene rings is 1. The molecule has 0 aliphatic carbocycles. The van der Waals surface area contributed by atoms with Crippen LogP contribution in [0.2, 0.25) is 0 Å². The summed E-state index contributed by atoms with van der Waals surface area (Å²) < 4.78 is 5.93. The van der Waals surface area contributed by atoms with E-state index in [1.54, 1.807) is 0 Å². The van der Waals surface area contributed by atoms with E-state index in [0.29, 0.717) is 18.1 Å². The first kappa shape index (κ1) is 14.0. The van der Waals surface area contributed by atoms with E-state index in [-0.39, 0.29) is 0 Å². The number of hydrogen-bond acceptors (Lipinski definition) is 3. The van der Waals surface area contributed by atoms with Crippen molar-refractivity contribution in [2.24, 2.45) is 5.92 Å². The molecule has 1 aliphatic heterocycles. The minimum absolute atomic E-state index is 0.386. The lowest BCUT2D eigenvalue weighted by Gasteiger charge is -2.26. The minimum atomic E-state index is 0.386. The van der Waals surface area contributed by atoms with Crippen molar-refractivity contribution in [3.63, 3.8) is 0 Å². The molecule has 0 saturated carbocycles. The zero-order chi connectivity index (χ0) is 13.0. The average molecular weight is 267 g/mol. The normalized spacial score (nSPS) is 25.5. The highest BCUT2D eigenvalue weighted by molar-refractivity contribution is 7.11. The lowest BCUT2D eigenvalue weighted by Crippen LogP contribution is -2.43. The van der Waals surface area contributed by atoms with Crippen LogP contribution in [0.25, 0.3) is 0 Å². The summed E-state index contributed by atoms with van der Waals surface area (Å²) in [4.78, 5) is 2.97. The molecule has 0 radical (unpaired) electrons. The van der Waals surface area contributed by atoms with Crippen molar-refractivity contribution in [1.29, 1.82) is 0 Å². The molecular formula is C15H25NOS. The van der Waals surface area contributed by atoms with E-state index in [9.17, 15) is 0 Å². The maximum absolute atomic E-state index is 5.93. The molecule has 1 aromatic heterocycles. The molecule has 2 nitrogen and oxygen atoms in total. The standard InChI is InChI=1S/C15H25NOS/c1-4-12-6-7-13(18-12)10-14(16-5-2)15-11(3)8-9-17-15/h6-7,11,14-16H,4-5,8-10H2,1-3H3. The Bertz CT molecular complexity index is 363. The van der Waals surface area contributed by atoms with Crippen LogP contribution in [-0.4, -0.2) is 25.3 Å². The van der Waals surface area contributed by atoms with Crippen LogP contribution >= 0.6 is 11.3 Å². The Hall–Kier alpha value is -0.380. The van der Waals surface area contributed by atoms with Gasteiger partial charge in [-0.25, -0.2) is 0 Å². The van der Waals surface area contributed by atoms with Gasteiger partial charge < -0.3 is 10.1 Å². The number of ether oxygens (including phenoxy) is 1. The third kappa shape index (κ3) is 3.34. The second-order valence-electron chi connectivity index (χ2n) is 5.19. The van der Waals surface area contributed by atoms with E-state index in [1.165, 1.54) is 16.2 Å². The van der Waals surface area contributed by atoms with Crippen LogP contribution in [-0.2, 0) is 17.6 Å². The molecule has 1 aromatic rings. The van der Waals surface area contributed by atoms with Gasteiger partial charge in [-0.1, -0.05) is 20.8 Å². The number of rotatable bonds is 6. The number of aryl methyl sites for hydroxylation is 1. The maximum atomic E-state index is 5.93. The summed E-state index contributed by atoms with van der Waals surface area (Å²) in [5.74, 6) is 0.680. The van der Waals surface area contributed by atoms with E-state index in [2.05, 4.69) is 38.2 Å². The summed E-state index contributed by atoms with van der Waals surface area (Å²) in [6.07, 6.45) is 3.84. The van der Waals surface area contributed by atoms with Crippen molar-refractivity contribution in [2.75, 3.05) is 13.2 Å². The van der Waals surface area contributed by atoms with E-state index < -0.39 is 0 Å². The molecular weight excluding hydrogens is 242 g/mol. The van der Waals surface area contributed by atoms with Gasteiger partial charge >= 0.3 is 0 Å². The van der Waals surface area contributed by atoms with E-state index in [4.69, 9.17) is 4.74 Å². The quantitative estimate of drug-likeness (QED) is 0.854. The topological polar surface area (TPSA) is 21.3 Å². The minimum Gasteiger partial charge on any atom is -0.376 e. The van der Waals surface area contributed by atoms with Gasteiger partial charge in [-0.3, -0.25) is 0 Å². The molecule has 1 saturated heterocycles. The molecule has 3 atom stereocenters. The van der Waals surface area contributed by atoms with E-state index in [0.717, 1.165) is 26.0 Å². The molecule has 2 heterocycles. The molecule has 1 fully saturated rings. The first-order valence-corrected chi connectivity index (χ1v) is 7.98. The fourth-order valence-electron chi connectivity index (χ4n) is 2.74. The lowest BCUT2D eigenvalue weighted by molar-refractivity contribution is 0.0617. The molecule has 0 aromatic carbocycles. The van der Waals surface area contributed by atoms with Gasteiger partial charge in [0, 0.05) is 22.4 Å². The van der Waals surface area contributed by atoms with Crippen molar-refractivity contribution in [1.82, 2.24) is 5.32 Å². The van der Waals surface area contributed by atoms with Crippen LogP contribution in [0.5, 0.6) is 0 Å². The molecule has 2 rings (SSSR count). The van der Waals surface area contributed by atoms with Gasteiger partial charge in [0.1, 0.15) is 0 Å². The highest BCUT2D eigenvalue weighted by Gasteiger charge is 2.31. The van der Waals surface area contributed by atoms with E-state index >= 15 is 0 Å². The zero-order valence-corrected chi connectivity index (χ0v) is 12.6. The summed E-state index contributed by atoms with van der Waals surface area (Å²) in [6, 6.07) is 5.02. The Morgan fingerprint density at radius 3 is 2.72 bits per heavy atom. The third-order valence-corrected chi connectivity index (χ3v) is 5.05. The number of nitrogens with one attached hydrogen (secondary N) is 1.